The summed E-state index contributed by atoms with van der Waals surface area (Å²) in [5, 5.41) is 6.97. The first-order valence-corrected chi connectivity index (χ1v) is 13.9. The van der Waals surface area contributed by atoms with E-state index in [4.69, 9.17) is 4.42 Å². The van der Waals surface area contributed by atoms with Crippen LogP contribution in [-0.2, 0) is 6.54 Å². The van der Waals surface area contributed by atoms with Crippen molar-refractivity contribution < 1.29 is 17.6 Å². The van der Waals surface area contributed by atoms with Gasteiger partial charge in [-0.15, -0.1) is 10.2 Å². The molecule has 2 aliphatic rings. The smallest absolute Gasteiger partial charge is 0.329 e. The zero-order valence-electron chi connectivity index (χ0n) is 20.6. The second-order valence-electron chi connectivity index (χ2n) is 9.77. The number of benzene rings is 1. The Morgan fingerprint density at radius 3 is 2.47 bits per heavy atom. The highest BCUT2D eigenvalue weighted by atomic mass is 32.2. The van der Waals surface area contributed by atoms with Gasteiger partial charge in [0.1, 0.15) is 5.82 Å². The standard InChI is InChI=1S/C26H27F3N6O2S/c27-17-2-4-21-22(13-17)34(15-18-3-1-16(14-30-18)24-31-32-25(37-24)23(28)29)26(36)35(21)20-5-9-33(10-6-20)19-7-11-38-12-8-19/h1-4,13-14,19-20,23H,5-12,15H2. The molecule has 0 saturated carbocycles. The number of hydrogen-bond donors (Lipinski definition) is 0. The number of aromatic nitrogens is 5. The van der Waals surface area contributed by atoms with Gasteiger partial charge in [0, 0.05) is 31.4 Å². The molecule has 2 fully saturated rings. The van der Waals surface area contributed by atoms with Crippen LogP contribution in [-0.4, -0.2) is 59.9 Å². The van der Waals surface area contributed by atoms with Gasteiger partial charge >= 0.3 is 12.1 Å². The maximum absolute atomic E-state index is 14.3. The summed E-state index contributed by atoms with van der Waals surface area (Å²) >= 11 is 2.02. The van der Waals surface area contributed by atoms with E-state index >= 15 is 0 Å². The van der Waals surface area contributed by atoms with Crippen molar-refractivity contribution in [1.29, 1.82) is 0 Å². The summed E-state index contributed by atoms with van der Waals surface area (Å²) < 4.78 is 48.1. The number of hydrogen-bond acceptors (Lipinski definition) is 7. The van der Waals surface area contributed by atoms with Crippen LogP contribution in [0, 0.1) is 5.82 Å². The third-order valence-electron chi connectivity index (χ3n) is 7.52. The summed E-state index contributed by atoms with van der Waals surface area (Å²) in [6.07, 6.45) is 2.77. The summed E-state index contributed by atoms with van der Waals surface area (Å²) in [5.41, 5.74) is 1.98. The number of alkyl halides is 2. The van der Waals surface area contributed by atoms with Crippen molar-refractivity contribution in [3.05, 3.63) is 64.4 Å². The number of piperidine rings is 1. The third kappa shape index (κ3) is 4.86. The monoisotopic (exact) mass is 544 g/mol. The largest absolute Gasteiger partial charge is 0.415 e. The van der Waals surface area contributed by atoms with Crippen molar-refractivity contribution in [2.75, 3.05) is 24.6 Å². The van der Waals surface area contributed by atoms with Crippen LogP contribution >= 0.6 is 11.8 Å². The summed E-state index contributed by atoms with van der Waals surface area (Å²) in [6.45, 7) is 2.04. The van der Waals surface area contributed by atoms with E-state index in [0.717, 1.165) is 25.9 Å². The number of likely N-dealkylation sites (tertiary alicyclic amines) is 1. The first-order chi connectivity index (χ1) is 18.5. The van der Waals surface area contributed by atoms with Gasteiger partial charge in [-0.1, -0.05) is 0 Å². The van der Waals surface area contributed by atoms with Gasteiger partial charge in [0.2, 0.25) is 5.89 Å². The minimum Gasteiger partial charge on any atom is -0.415 e. The van der Waals surface area contributed by atoms with Crippen LogP contribution in [0.25, 0.3) is 22.5 Å². The predicted molar refractivity (Wildman–Crippen MR) is 138 cm³/mol. The van der Waals surface area contributed by atoms with Crippen molar-refractivity contribution in [3.63, 3.8) is 0 Å². The van der Waals surface area contributed by atoms with E-state index in [1.165, 1.54) is 42.7 Å². The molecule has 3 aromatic heterocycles. The van der Waals surface area contributed by atoms with Crippen LogP contribution in [0.4, 0.5) is 13.2 Å². The van der Waals surface area contributed by atoms with E-state index in [0.29, 0.717) is 28.3 Å². The normalized spacial score (nSPS) is 18.1. The zero-order valence-corrected chi connectivity index (χ0v) is 21.4. The van der Waals surface area contributed by atoms with E-state index in [-0.39, 0.29) is 24.2 Å². The van der Waals surface area contributed by atoms with Crippen LogP contribution in [0.5, 0.6) is 0 Å². The molecule has 38 heavy (non-hydrogen) atoms. The van der Waals surface area contributed by atoms with Gasteiger partial charge in [0.05, 0.1) is 28.8 Å². The molecule has 5 heterocycles. The van der Waals surface area contributed by atoms with Gasteiger partial charge in [-0.2, -0.15) is 20.5 Å². The van der Waals surface area contributed by atoms with Crippen molar-refractivity contribution in [2.45, 2.75) is 50.7 Å². The Balaban J connectivity index is 1.25. The molecule has 0 radical (unpaired) electrons. The first kappa shape index (κ1) is 25.2. The van der Waals surface area contributed by atoms with Gasteiger partial charge in [-0.3, -0.25) is 14.1 Å². The SMILES string of the molecule is O=c1n(Cc2ccc(-c3nnc(C(F)F)o3)cn2)c2cc(F)ccc2n1C1CCN(C2CCSCC2)CC1. The molecule has 2 aliphatic heterocycles. The molecule has 2 saturated heterocycles. The van der Waals surface area contributed by atoms with Gasteiger partial charge < -0.3 is 9.32 Å². The minimum absolute atomic E-state index is 0.0443. The maximum Gasteiger partial charge on any atom is 0.329 e. The van der Waals surface area contributed by atoms with Crippen molar-refractivity contribution in [3.8, 4) is 11.5 Å². The lowest BCUT2D eigenvalue weighted by Crippen LogP contribution is -2.44. The summed E-state index contributed by atoms with van der Waals surface area (Å²) in [7, 11) is 0. The van der Waals surface area contributed by atoms with Crippen LogP contribution in [0.3, 0.4) is 0 Å². The molecule has 0 bridgehead atoms. The Morgan fingerprint density at radius 1 is 1.00 bits per heavy atom. The average molecular weight is 545 g/mol. The van der Waals surface area contributed by atoms with Crippen LogP contribution in [0.1, 0.15) is 49.7 Å². The van der Waals surface area contributed by atoms with E-state index in [2.05, 4.69) is 20.1 Å². The summed E-state index contributed by atoms with van der Waals surface area (Å²) in [4.78, 5) is 20.6. The fraction of sp³-hybridized carbons (Fsp3) is 0.462. The molecule has 200 valence electrons. The number of rotatable bonds is 6. The lowest BCUT2D eigenvalue weighted by Gasteiger charge is -2.39. The Hall–Kier alpha value is -3.12. The molecule has 12 heteroatoms. The average Bonchev–Trinajstić information content (AvgIpc) is 3.54. The zero-order chi connectivity index (χ0) is 26.2. The number of imidazole rings is 1. The highest BCUT2D eigenvalue weighted by Crippen LogP contribution is 2.30. The van der Waals surface area contributed by atoms with Crippen LogP contribution in [0.15, 0.2) is 45.7 Å². The van der Waals surface area contributed by atoms with E-state index in [1.807, 2.05) is 16.3 Å². The van der Waals surface area contributed by atoms with Gasteiger partial charge in [-0.25, -0.2) is 9.18 Å². The number of halogens is 3. The molecule has 0 unspecified atom stereocenters. The first-order valence-electron chi connectivity index (χ1n) is 12.8. The van der Waals surface area contributed by atoms with Crippen molar-refractivity contribution in [2.24, 2.45) is 0 Å². The van der Waals surface area contributed by atoms with Crippen LogP contribution in [0.2, 0.25) is 0 Å². The Kier molecular flexibility index (Phi) is 7.00. The predicted octanol–water partition coefficient (Wildman–Crippen LogP) is 4.91. The molecule has 6 rings (SSSR count). The Labute approximate surface area is 220 Å². The topological polar surface area (TPSA) is 82.0 Å². The van der Waals surface area contributed by atoms with Crippen molar-refractivity contribution >= 4 is 22.8 Å². The van der Waals surface area contributed by atoms with Crippen LogP contribution < -0.4 is 5.69 Å². The molecule has 1 aromatic carbocycles. The summed E-state index contributed by atoms with van der Waals surface area (Å²) in [5.74, 6) is 1.19. The molecule has 8 nitrogen and oxygen atoms in total. The highest BCUT2D eigenvalue weighted by Gasteiger charge is 2.29. The molecular formula is C26H27F3N6O2S. The molecular weight excluding hydrogens is 517 g/mol. The number of fused-ring (bicyclic) bond motifs is 1. The number of nitrogens with zero attached hydrogens (tertiary/aromatic N) is 6. The second-order valence-corrected chi connectivity index (χ2v) is 11.0. The molecule has 0 spiro atoms. The fourth-order valence-electron chi connectivity index (χ4n) is 5.56. The highest BCUT2D eigenvalue weighted by molar-refractivity contribution is 7.99. The Morgan fingerprint density at radius 2 is 1.79 bits per heavy atom. The lowest BCUT2D eigenvalue weighted by atomic mass is 10.0. The molecule has 0 aliphatic carbocycles. The quantitative estimate of drug-likeness (QED) is 0.341. The molecule has 4 aromatic rings. The lowest BCUT2D eigenvalue weighted by molar-refractivity contribution is 0.116. The van der Waals surface area contributed by atoms with Gasteiger partial charge in [0.25, 0.3) is 5.89 Å². The van der Waals surface area contributed by atoms with E-state index < -0.39 is 18.1 Å². The molecule has 0 atom stereocenters. The fourth-order valence-corrected chi connectivity index (χ4v) is 6.65. The molecule has 0 N–H and O–H groups in total. The Bertz CT molecular complexity index is 1470. The summed E-state index contributed by atoms with van der Waals surface area (Å²) in [6, 6.07) is 8.42. The van der Waals surface area contributed by atoms with E-state index in [1.54, 1.807) is 22.8 Å². The van der Waals surface area contributed by atoms with Crippen molar-refractivity contribution in [1.82, 2.24) is 29.2 Å². The van der Waals surface area contributed by atoms with Gasteiger partial charge in [0.15, 0.2) is 0 Å². The maximum atomic E-state index is 14.3. The number of thioether (sulfide) groups is 1. The minimum atomic E-state index is -2.85. The van der Waals surface area contributed by atoms with Gasteiger partial charge in [-0.05, 0) is 67.5 Å². The third-order valence-corrected chi connectivity index (χ3v) is 8.56. The number of pyridine rings is 1. The molecule has 0 amide bonds. The van der Waals surface area contributed by atoms with E-state index in [9.17, 15) is 18.0 Å². The second kappa shape index (κ2) is 10.6.